The van der Waals surface area contributed by atoms with Crippen molar-refractivity contribution in [2.75, 3.05) is 0 Å². The highest BCUT2D eigenvalue weighted by molar-refractivity contribution is 5.27. The van der Waals surface area contributed by atoms with Crippen molar-refractivity contribution in [1.82, 2.24) is 0 Å². The number of allylic oxidation sites excluding steroid dienone is 4. The molecule has 0 rings (SSSR count). The van der Waals surface area contributed by atoms with E-state index in [4.69, 9.17) is 0 Å². The highest BCUT2D eigenvalue weighted by Crippen LogP contribution is 2.36. The normalized spacial score (nSPS) is 12.5. The summed E-state index contributed by atoms with van der Waals surface area (Å²) in [5.41, 5.74) is 1.88. The first-order valence-corrected chi connectivity index (χ1v) is 6.68. The van der Waals surface area contributed by atoms with Crippen LogP contribution in [0.5, 0.6) is 0 Å². The first kappa shape index (κ1) is 18.6. The first-order chi connectivity index (χ1) is 7.73. The molecule has 0 aliphatic heterocycles. The first-order valence-electron chi connectivity index (χ1n) is 6.68. The van der Waals surface area contributed by atoms with Gasteiger partial charge in [0.25, 0.3) is 0 Å². The smallest absolute Gasteiger partial charge is 0.0104 e. The molecule has 0 aliphatic rings. The van der Waals surface area contributed by atoms with Crippen molar-refractivity contribution < 1.29 is 0 Å². The van der Waals surface area contributed by atoms with Gasteiger partial charge in [-0.05, 0) is 29.2 Å². The van der Waals surface area contributed by atoms with Crippen LogP contribution in [0, 0.1) is 10.8 Å². The van der Waals surface area contributed by atoms with E-state index in [9.17, 15) is 0 Å². The minimum atomic E-state index is 0.198. The molecule has 0 fully saturated rings. The largest absolute Gasteiger partial charge is 0.0991 e. The van der Waals surface area contributed by atoms with Gasteiger partial charge in [-0.3, -0.25) is 0 Å². The fourth-order valence-corrected chi connectivity index (χ4v) is 1.53. The zero-order valence-corrected chi connectivity index (χ0v) is 13.1. The van der Waals surface area contributed by atoms with Gasteiger partial charge in [-0.15, -0.1) is 0 Å². The lowest BCUT2D eigenvalue weighted by Gasteiger charge is -2.30. The van der Waals surface area contributed by atoms with E-state index >= 15 is 0 Å². The van der Waals surface area contributed by atoms with Crippen LogP contribution in [-0.4, -0.2) is 0 Å². The molecule has 0 atom stereocenters. The van der Waals surface area contributed by atoms with Crippen LogP contribution in [-0.2, 0) is 0 Å². The number of hydrogen-bond acceptors (Lipinski definition) is 0. The van der Waals surface area contributed by atoms with E-state index < -0.39 is 0 Å². The van der Waals surface area contributed by atoms with Crippen LogP contribution in [0.3, 0.4) is 0 Å². The number of hydrogen-bond donors (Lipinski definition) is 0. The fourth-order valence-electron chi connectivity index (χ4n) is 1.53. The topological polar surface area (TPSA) is 0 Å². The third-order valence-corrected chi connectivity index (χ3v) is 2.80. The molecule has 17 heavy (non-hydrogen) atoms. The van der Waals surface area contributed by atoms with E-state index in [1.54, 1.807) is 0 Å². The third-order valence-electron chi connectivity index (χ3n) is 2.80. The second kappa shape index (κ2) is 8.33. The Morgan fingerprint density at radius 1 is 0.941 bits per heavy atom. The molecule has 0 aromatic carbocycles. The maximum atomic E-state index is 3.87. The lowest BCUT2D eigenvalue weighted by molar-refractivity contribution is 0.292. The van der Waals surface area contributed by atoms with E-state index in [-0.39, 0.29) is 5.41 Å². The molecule has 0 spiro atoms. The molecule has 0 saturated heterocycles. The van der Waals surface area contributed by atoms with Crippen molar-refractivity contribution in [2.24, 2.45) is 10.8 Å². The molecule has 0 nitrogen and oxygen atoms in total. The van der Waals surface area contributed by atoms with Gasteiger partial charge in [0.05, 0.1) is 0 Å². The molecule has 0 unspecified atom stereocenters. The Hall–Kier alpha value is -0.780. The van der Waals surface area contributed by atoms with Crippen molar-refractivity contribution in [3.8, 4) is 0 Å². The van der Waals surface area contributed by atoms with Crippen LogP contribution in [0.2, 0.25) is 0 Å². The van der Waals surface area contributed by atoms with Gasteiger partial charge in [-0.25, -0.2) is 0 Å². The lowest BCUT2D eigenvalue weighted by Crippen LogP contribution is -2.17. The molecule has 0 heterocycles. The van der Waals surface area contributed by atoms with Crippen molar-refractivity contribution in [2.45, 2.75) is 61.3 Å². The molecule has 0 bridgehead atoms. The summed E-state index contributed by atoms with van der Waals surface area (Å²) < 4.78 is 0. The Bertz CT molecular complexity index is 246. The van der Waals surface area contributed by atoms with Crippen molar-refractivity contribution in [3.63, 3.8) is 0 Å². The van der Waals surface area contributed by atoms with E-state index in [1.807, 2.05) is 26.0 Å². The van der Waals surface area contributed by atoms with E-state index in [0.717, 1.165) is 0 Å². The van der Waals surface area contributed by atoms with Gasteiger partial charge < -0.3 is 0 Å². The molecular weight excluding hydrogens is 204 g/mol. The van der Waals surface area contributed by atoms with Gasteiger partial charge in [0, 0.05) is 0 Å². The van der Waals surface area contributed by atoms with Gasteiger partial charge >= 0.3 is 0 Å². The van der Waals surface area contributed by atoms with Crippen molar-refractivity contribution in [3.05, 3.63) is 37.0 Å². The Balaban J connectivity index is 0. The summed E-state index contributed by atoms with van der Waals surface area (Å²) in [5, 5.41) is 0. The molecule has 0 aromatic heterocycles. The fraction of sp³-hybridized carbons (Fsp3) is 0.647. The predicted octanol–water partition coefficient (Wildman–Crippen LogP) is 6.16. The van der Waals surface area contributed by atoms with Crippen LogP contribution in [0.4, 0.5) is 0 Å². The summed E-state index contributed by atoms with van der Waals surface area (Å²) in [6.07, 6.45) is 8.26. The quantitative estimate of drug-likeness (QED) is 0.501. The molecule has 100 valence electrons. The molecule has 0 N–H and O–H groups in total. The lowest BCUT2D eigenvalue weighted by atomic mass is 9.75. The zero-order valence-electron chi connectivity index (χ0n) is 13.1. The maximum Gasteiger partial charge on any atom is -0.0104 e. The minimum absolute atomic E-state index is 0.198. The molecule has 0 aromatic rings. The van der Waals surface area contributed by atoms with E-state index in [1.165, 1.54) is 18.4 Å². The summed E-state index contributed by atoms with van der Waals surface area (Å²) in [6.45, 7) is 23.0. The van der Waals surface area contributed by atoms with E-state index in [0.29, 0.717) is 5.41 Å². The van der Waals surface area contributed by atoms with Crippen LogP contribution in [0.25, 0.3) is 0 Å². The third kappa shape index (κ3) is 8.97. The van der Waals surface area contributed by atoms with Crippen LogP contribution in [0.1, 0.15) is 61.3 Å². The zero-order chi connectivity index (χ0) is 14.1. The van der Waals surface area contributed by atoms with Gasteiger partial charge in [-0.1, -0.05) is 79.9 Å². The summed E-state index contributed by atoms with van der Waals surface area (Å²) in [5.74, 6) is 0. The Labute approximate surface area is 110 Å². The van der Waals surface area contributed by atoms with Crippen molar-refractivity contribution >= 4 is 0 Å². The van der Waals surface area contributed by atoms with Gasteiger partial charge in [0.15, 0.2) is 0 Å². The summed E-state index contributed by atoms with van der Waals surface area (Å²) >= 11 is 0. The molecule has 0 aliphatic carbocycles. The standard InChI is InChI=1S/C15H26.C2H6/c1-8-10-13(9-2)15(6,7)12-11-14(3,4)5;1-2/h8-10H,1-2,11-12H2,3-7H3;1-2H3/b13-10+;. The average Bonchev–Trinajstić information content (AvgIpc) is 2.25. The van der Waals surface area contributed by atoms with E-state index in [2.05, 4.69) is 53.9 Å². The number of rotatable bonds is 5. The highest BCUT2D eigenvalue weighted by atomic mass is 14.3. The Morgan fingerprint density at radius 3 is 1.71 bits per heavy atom. The van der Waals surface area contributed by atoms with Crippen LogP contribution >= 0.6 is 0 Å². The molecular formula is C17H32. The molecule has 0 heteroatoms. The maximum absolute atomic E-state index is 3.87. The predicted molar refractivity (Wildman–Crippen MR) is 82.3 cm³/mol. The molecule has 0 radical (unpaired) electrons. The monoisotopic (exact) mass is 236 g/mol. The van der Waals surface area contributed by atoms with Crippen LogP contribution < -0.4 is 0 Å². The summed E-state index contributed by atoms with van der Waals surface area (Å²) in [4.78, 5) is 0. The van der Waals surface area contributed by atoms with Crippen molar-refractivity contribution in [1.29, 1.82) is 0 Å². The summed E-state index contributed by atoms with van der Waals surface area (Å²) in [6, 6.07) is 0. The van der Waals surface area contributed by atoms with Gasteiger partial charge in [0.2, 0.25) is 0 Å². The second-order valence-corrected chi connectivity index (χ2v) is 6.01. The summed E-state index contributed by atoms with van der Waals surface area (Å²) in [7, 11) is 0. The average molecular weight is 236 g/mol. The SMILES string of the molecule is C=C/C=C(\C=C)C(C)(C)CCC(C)(C)C.CC. The molecule has 0 amide bonds. The van der Waals surface area contributed by atoms with Gasteiger partial charge in [0.1, 0.15) is 0 Å². The Kier molecular flexibility index (Phi) is 9.11. The van der Waals surface area contributed by atoms with Gasteiger partial charge in [-0.2, -0.15) is 0 Å². The Morgan fingerprint density at radius 2 is 1.41 bits per heavy atom. The molecule has 0 saturated carbocycles. The second-order valence-electron chi connectivity index (χ2n) is 6.01. The minimum Gasteiger partial charge on any atom is -0.0991 e. The highest BCUT2D eigenvalue weighted by Gasteiger charge is 2.23. The van der Waals surface area contributed by atoms with Crippen LogP contribution in [0.15, 0.2) is 37.0 Å².